The summed E-state index contributed by atoms with van der Waals surface area (Å²) in [7, 11) is 0. The van der Waals surface area contributed by atoms with Crippen LogP contribution in [0.5, 0.6) is 0 Å². The molecule has 0 aliphatic heterocycles. The maximum atomic E-state index is 13.1. The molecule has 1 heterocycles. The summed E-state index contributed by atoms with van der Waals surface area (Å²) in [5, 5.41) is 3.83. The summed E-state index contributed by atoms with van der Waals surface area (Å²) in [4.78, 5) is 16.0. The van der Waals surface area contributed by atoms with Crippen LogP contribution >= 0.6 is 15.9 Å². The lowest BCUT2D eigenvalue weighted by atomic mass is 10.2. The van der Waals surface area contributed by atoms with Crippen LogP contribution in [0.4, 0.5) is 4.39 Å². The highest BCUT2D eigenvalue weighted by atomic mass is 79.9. The number of halogens is 2. The molecular formula is C16H10BrFN2O3. The molecule has 0 bridgehead atoms. The van der Waals surface area contributed by atoms with Crippen molar-refractivity contribution < 1.29 is 18.4 Å². The quantitative estimate of drug-likeness (QED) is 0.644. The van der Waals surface area contributed by atoms with Crippen molar-refractivity contribution in [3.8, 4) is 11.4 Å². The first kappa shape index (κ1) is 15.4. The number of ether oxygens (including phenoxy) is 1. The van der Waals surface area contributed by atoms with Gasteiger partial charge >= 0.3 is 5.97 Å². The van der Waals surface area contributed by atoms with Gasteiger partial charge in [0.2, 0.25) is 5.82 Å². The SMILES string of the molecule is O=C(OCc1nc(-c2cccc(Br)c2)no1)c1cccc(F)c1. The van der Waals surface area contributed by atoms with E-state index in [-0.39, 0.29) is 18.1 Å². The molecule has 0 aliphatic rings. The summed E-state index contributed by atoms with van der Waals surface area (Å²) in [6.07, 6.45) is 0. The van der Waals surface area contributed by atoms with Crippen molar-refractivity contribution >= 4 is 21.9 Å². The van der Waals surface area contributed by atoms with Gasteiger partial charge in [-0.25, -0.2) is 9.18 Å². The van der Waals surface area contributed by atoms with Crippen LogP contribution < -0.4 is 0 Å². The first-order valence-electron chi connectivity index (χ1n) is 6.63. The molecule has 0 N–H and O–H groups in total. The highest BCUT2D eigenvalue weighted by Gasteiger charge is 2.13. The Kier molecular flexibility index (Phi) is 4.47. The lowest BCUT2D eigenvalue weighted by Gasteiger charge is -2.01. The minimum absolute atomic E-state index is 0.122. The van der Waals surface area contributed by atoms with Crippen LogP contribution in [0.3, 0.4) is 0 Å². The summed E-state index contributed by atoms with van der Waals surface area (Å²) in [6.45, 7) is -0.184. The van der Waals surface area contributed by atoms with Gasteiger partial charge in [-0.15, -0.1) is 0 Å². The summed E-state index contributed by atoms with van der Waals surface area (Å²) < 4.78 is 24.0. The second-order valence-electron chi connectivity index (χ2n) is 4.61. The van der Waals surface area contributed by atoms with E-state index in [1.807, 2.05) is 24.3 Å². The van der Waals surface area contributed by atoms with Gasteiger partial charge in [-0.05, 0) is 30.3 Å². The van der Waals surface area contributed by atoms with Crippen LogP contribution in [0.2, 0.25) is 0 Å². The average molecular weight is 377 g/mol. The van der Waals surface area contributed by atoms with E-state index in [2.05, 4.69) is 26.1 Å². The third-order valence-electron chi connectivity index (χ3n) is 2.94. The monoisotopic (exact) mass is 376 g/mol. The van der Waals surface area contributed by atoms with Gasteiger partial charge in [-0.2, -0.15) is 4.98 Å². The zero-order valence-electron chi connectivity index (χ0n) is 11.7. The van der Waals surface area contributed by atoms with Crippen LogP contribution in [0, 0.1) is 5.82 Å². The fourth-order valence-electron chi connectivity index (χ4n) is 1.88. The van der Waals surface area contributed by atoms with Crippen LogP contribution in [0.15, 0.2) is 57.5 Å². The predicted octanol–water partition coefficient (Wildman–Crippen LogP) is 4.00. The van der Waals surface area contributed by atoms with E-state index in [0.29, 0.717) is 5.82 Å². The van der Waals surface area contributed by atoms with Gasteiger partial charge in [0.15, 0.2) is 6.61 Å². The third-order valence-corrected chi connectivity index (χ3v) is 3.43. The molecule has 0 saturated carbocycles. The molecule has 0 amide bonds. The largest absolute Gasteiger partial charge is 0.452 e. The topological polar surface area (TPSA) is 65.2 Å². The number of hydrogen-bond donors (Lipinski definition) is 0. The van der Waals surface area contributed by atoms with Gasteiger partial charge in [-0.1, -0.05) is 39.3 Å². The number of nitrogens with zero attached hydrogens (tertiary/aromatic N) is 2. The van der Waals surface area contributed by atoms with Crippen molar-refractivity contribution in [2.45, 2.75) is 6.61 Å². The van der Waals surface area contributed by atoms with Gasteiger partial charge in [-0.3, -0.25) is 0 Å². The Bertz CT molecular complexity index is 851. The average Bonchev–Trinajstić information content (AvgIpc) is 3.01. The van der Waals surface area contributed by atoms with Gasteiger partial charge in [0, 0.05) is 10.0 Å². The maximum absolute atomic E-state index is 13.1. The summed E-state index contributed by atoms with van der Waals surface area (Å²) in [5.74, 6) is -0.617. The van der Waals surface area contributed by atoms with Gasteiger partial charge in [0.1, 0.15) is 5.82 Å². The molecule has 0 aliphatic carbocycles. The number of rotatable bonds is 4. The molecule has 7 heteroatoms. The molecule has 0 saturated heterocycles. The number of carbonyl (C=O) groups excluding carboxylic acids is 1. The molecule has 0 spiro atoms. The van der Waals surface area contributed by atoms with E-state index >= 15 is 0 Å². The molecule has 0 fully saturated rings. The van der Waals surface area contributed by atoms with E-state index in [4.69, 9.17) is 9.26 Å². The Morgan fingerprint density at radius 2 is 2.04 bits per heavy atom. The zero-order chi connectivity index (χ0) is 16.2. The Balaban J connectivity index is 1.67. The number of esters is 1. The smallest absolute Gasteiger partial charge is 0.338 e. The maximum Gasteiger partial charge on any atom is 0.338 e. The molecule has 3 aromatic rings. The summed E-state index contributed by atoms with van der Waals surface area (Å²) in [6, 6.07) is 12.6. The van der Waals surface area contributed by atoms with Crippen LogP contribution in [0.25, 0.3) is 11.4 Å². The van der Waals surface area contributed by atoms with Crippen molar-refractivity contribution in [1.82, 2.24) is 10.1 Å². The van der Waals surface area contributed by atoms with Gasteiger partial charge in [0.05, 0.1) is 5.56 Å². The second-order valence-corrected chi connectivity index (χ2v) is 5.52. The lowest BCUT2D eigenvalue weighted by Crippen LogP contribution is -2.05. The standard InChI is InChI=1S/C16H10BrFN2O3/c17-12-5-1-3-10(7-12)15-19-14(23-20-15)9-22-16(21)11-4-2-6-13(18)8-11/h1-8H,9H2. The number of benzene rings is 2. The van der Waals surface area contributed by atoms with Crippen molar-refractivity contribution in [1.29, 1.82) is 0 Å². The molecule has 0 unspecified atom stereocenters. The minimum atomic E-state index is -0.660. The van der Waals surface area contributed by atoms with Crippen molar-refractivity contribution in [2.75, 3.05) is 0 Å². The van der Waals surface area contributed by atoms with Crippen molar-refractivity contribution in [3.63, 3.8) is 0 Å². The lowest BCUT2D eigenvalue weighted by molar-refractivity contribution is 0.0429. The van der Waals surface area contributed by atoms with Crippen molar-refractivity contribution in [2.24, 2.45) is 0 Å². The Hall–Kier alpha value is -2.54. The molecule has 1 aromatic heterocycles. The van der Waals surface area contributed by atoms with Crippen molar-refractivity contribution in [3.05, 3.63) is 70.3 Å². The van der Waals surface area contributed by atoms with Crippen LogP contribution in [-0.4, -0.2) is 16.1 Å². The van der Waals surface area contributed by atoms with E-state index < -0.39 is 11.8 Å². The van der Waals surface area contributed by atoms with E-state index in [1.54, 1.807) is 0 Å². The predicted molar refractivity (Wildman–Crippen MR) is 83.0 cm³/mol. The minimum Gasteiger partial charge on any atom is -0.452 e. The number of aromatic nitrogens is 2. The highest BCUT2D eigenvalue weighted by molar-refractivity contribution is 9.10. The van der Waals surface area contributed by atoms with Crippen LogP contribution in [-0.2, 0) is 11.3 Å². The third kappa shape index (κ3) is 3.81. The molecule has 0 atom stereocenters. The Morgan fingerprint density at radius 1 is 1.22 bits per heavy atom. The van der Waals surface area contributed by atoms with E-state index in [0.717, 1.165) is 16.1 Å². The number of hydrogen-bond acceptors (Lipinski definition) is 5. The fraction of sp³-hybridized carbons (Fsp3) is 0.0625. The molecule has 2 aromatic carbocycles. The highest BCUT2D eigenvalue weighted by Crippen LogP contribution is 2.20. The van der Waals surface area contributed by atoms with Crippen LogP contribution in [0.1, 0.15) is 16.2 Å². The Morgan fingerprint density at radius 3 is 2.83 bits per heavy atom. The summed E-state index contributed by atoms with van der Waals surface area (Å²) in [5.41, 5.74) is 0.891. The molecule has 23 heavy (non-hydrogen) atoms. The summed E-state index contributed by atoms with van der Waals surface area (Å²) >= 11 is 3.36. The Labute approximate surface area is 139 Å². The molecule has 3 rings (SSSR count). The normalized spacial score (nSPS) is 10.5. The van der Waals surface area contributed by atoms with E-state index in [9.17, 15) is 9.18 Å². The second kappa shape index (κ2) is 6.70. The fourth-order valence-corrected chi connectivity index (χ4v) is 2.28. The molecule has 116 valence electrons. The molecule has 0 radical (unpaired) electrons. The van der Waals surface area contributed by atoms with E-state index in [1.165, 1.54) is 18.2 Å². The number of carbonyl (C=O) groups is 1. The van der Waals surface area contributed by atoms with Gasteiger partial charge in [0.25, 0.3) is 5.89 Å². The molecular weight excluding hydrogens is 367 g/mol. The zero-order valence-corrected chi connectivity index (χ0v) is 13.3. The van der Waals surface area contributed by atoms with Gasteiger partial charge < -0.3 is 9.26 Å². The first-order valence-corrected chi connectivity index (χ1v) is 7.42. The first-order chi connectivity index (χ1) is 11.1. The molecule has 5 nitrogen and oxygen atoms in total.